The largest absolute Gasteiger partial charge is 0.463 e. The Hall–Kier alpha value is -2.50. The number of methoxy groups -OCH3 is 2. The molecule has 0 unspecified atom stereocenters. The molecule has 1 aromatic heterocycles. The summed E-state index contributed by atoms with van der Waals surface area (Å²) in [6.07, 6.45) is -0.681. The zero-order chi connectivity index (χ0) is 21.6. The van der Waals surface area contributed by atoms with Gasteiger partial charge in [-0.15, -0.1) is 0 Å². The molecule has 0 radical (unpaired) electrons. The highest BCUT2D eigenvalue weighted by Crippen LogP contribution is 2.30. The fraction of sp³-hybridized carbons (Fsp3) is 0.667. The summed E-state index contributed by atoms with van der Waals surface area (Å²) in [4.78, 5) is 39.1. The average Bonchev–Trinajstić information content (AvgIpc) is 3.04. The van der Waals surface area contributed by atoms with Crippen molar-refractivity contribution in [2.75, 3.05) is 32.7 Å². The van der Waals surface area contributed by atoms with Crippen LogP contribution < -0.4 is 11.0 Å². The minimum absolute atomic E-state index is 0.0833. The highest BCUT2D eigenvalue weighted by molar-refractivity contribution is 5.66. The summed E-state index contributed by atoms with van der Waals surface area (Å²) in [6, 6.07) is 0. The first-order valence-corrected chi connectivity index (χ1v) is 9.10. The van der Waals surface area contributed by atoms with E-state index in [1.807, 2.05) is 0 Å². The number of aromatic nitrogens is 2. The van der Waals surface area contributed by atoms with Crippen molar-refractivity contribution >= 4 is 17.8 Å². The molecule has 2 heterocycles. The SMILES string of the molecule is COC(CNc1nc(=O)n([C@H]2C[C@H](OC(C)=O)[C@@H](COC(C)=O)O2)cc1C)OC. The number of nitrogens with one attached hydrogen (secondary N) is 1. The van der Waals surface area contributed by atoms with Gasteiger partial charge in [0.25, 0.3) is 0 Å². The number of rotatable bonds is 9. The van der Waals surface area contributed by atoms with Crippen LogP contribution >= 0.6 is 0 Å². The van der Waals surface area contributed by atoms with Crippen molar-refractivity contribution in [2.45, 2.75) is 51.9 Å². The van der Waals surface area contributed by atoms with Crippen molar-refractivity contribution in [3.8, 4) is 0 Å². The summed E-state index contributed by atoms with van der Waals surface area (Å²) in [5, 5.41) is 3.01. The molecule has 11 heteroatoms. The predicted molar refractivity (Wildman–Crippen MR) is 100 cm³/mol. The first-order valence-electron chi connectivity index (χ1n) is 9.10. The Balaban J connectivity index is 2.16. The number of hydrogen-bond donors (Lipinski definition) is 1. The van der Waals surface area contributed by atoms with Crippen molar-refractivity contribution in [1.82, 2.24) is 9.55 Å². The van der Waals surface area contributed by atoms with Gasteiger partial charge in [-0.3, -0.25) is 14.2 Å². The molecule has 2 rings (SSSR count). The summed E-state index contributed by atoms with van der Waals surface area (Å²) < 4.78 is 27.6. The van der Waals surface area contributed by atoms with E-state index in [0.717, 1.165) is 0 Å². The monoisotopic (exact) mass is 413 g/mol. The van der Waals surface area contributed by atoms with Crippen LogP contribution in [0.4, 0.5) is 5.82 Å². The average molecular weight is 413 g/mol. The fourth-order valence-corrected chi connectivity index (χ4v) is 2.95. The second-order valence-corrected chi connectivity index (χ2v) is 6.56. The molecule has 0 aromatic carbocycles. The number of aryl methyl sites for hydroxylation is 1. The highest BCUT2D eigenvalue weighted by atomic mass is 16.7. The van der Waals surface area contributed by atoms with Crippen LogP contribution in [0.25, 0.3) is 0 Å². The number of carbonyl (C=O) groups excluding carboxylic acids is 2. The standard InChI is InChI=1S/C18H27N3O8/c1-10-8-21(18(24)20-17(10)19-7-16(25-4)26-5)15-6-13(28-12(3)23)14(29-15)9-27-11(2)22/h8,13-16H,6-7,9H2,1-5H3,(H,19,20,24)/t13-,14+,15+/m0/s1. The topological polar surface area (TPSA) is 127 Å². The minimum Gasteiger partial charge on any atom is -0.463 e. The number of anilines is 1. The smallest absolute Gasteiger partial charge is 0.351 e. The van der Waals surface area contributed by atoms with Crippen LogP contribution in [0.5, 0.6) is 0 Å². The third kappa shape index (κ3) is 6.24. The molecule has 0 spiro atoms. The molecule has 3 atom stereocenters. The molecule has 0 aliphatic carbocycles. The van der Waals surface area contributed by atoms with E-state index in [1.54, 1.807) is 13.1 Å². The van der Waals surface area contributed by atoms with Gasteiger partial charge >= 0.3 is 17.6 Å². The molecule has 0 bridgehead atoms. The highest BCUT2D eigenvalue weighted by Gasteiger charge is 2.39. The van der Waals surface area contributed by atoms with Crippen LogP contribution in [-0.4, -0.2) is 67.4 Å². The molecule has 29 heavy (non-hydrogen) atoms. The maximum Gasteiger partial charge on any atom is 0.351 e. The molecule has 1 saturated heterocycles. The Bertz CT molecular complexity index is 777. The number of ether oxygens (including phenoxy) is 5. The number of esters is 2. The zero-order valence-corrected chi connectivity index (χ0v) is 17.2. The van der Waals surface area contributed by atoms with Crippen LogP contribution in [0.1, 0.15) is 32.1 Å². The van der Waals surface area contributed by atoms with Crippen LogP contribution in [0.15, 0.2) is 11.0 Å². The van der Waals surface area contributed by atoms with Crippen molar-refractivity contribution in [1.29, 1.82) is 0 Å². The lowest BCUT2D eigenvalue weighted by molar-refractivity contribution is -0.155. The molecule has 11 nitrogen and oxygen atoms in total. The van der Waals surface area contributed by atoms with E-state index in [0.29, 0.717) is 17.9 Å². The maximum atomic E-state index is 12.5. The van der Waals surface area contributed by atoms with Gasteiger partial charge in [0, 0.05) is 46.2 Å². The lowest BCUT2D eigenvalue weighted by Crippen LogP contribution is -2.31. The quantitative estimate of drug-likeness (QED) is 0.448. The Morgan fingerprint density at radius 2 is 2.00 bits per heavy atom. The van der Waals surface area contributed by atoms with E-state index >= 15 is 0 Å². The maximum absolute atomic E-state index is 12.5. The van der Waals surface area contributed by atoms with Gasteiger partial charge in [0.1, 0.15) is 30.9 Å². The molecule has 1 aromatic rings. The van der Waals surface area contributed by atoms with Gasteiger partial charge in [0.2, 0.25) is 0 Å². The first-order chi connectivity index (χ1) is 13.7. The third-order valence-corrected chi connectivity index (χ3v) is 4.36. The Labute approximate surface area is 168 Å². The summed E-state index contributed by atoms with van der Waals surface area (Å²) in [5.41, 5.74) is 0.163. The van der Waals surface area contributed by atoms with Crippen LogP contribution in [-0.2, 0) is 33.3 Å². The summed E-state index contributed by atoms with van der Waals surface area (Å²) >= 11 is 0. The summed E-state index contributed by atoms with van der Waals surface area (Å²) in [6.45, 7) is 4.56. The molecular formula is C18H27N3O8. The number of hydrogen-bond acceptors (Lipinski definition) is 10. The van der Waals surface area contributed by atoms with Crippen molar-refractivity contribution < 1.29 is 33.3 Å². The van der Waals surface area contributed by atoms with E-state index in [4.69, 9.17) is 23.7 Å². The molecule has 1 aliphatic rings. The second-order valence-electron chi connectivity index (χ2n) is 6.56. The number of carbonyl (C=O) groups is 2. The van der Waals surface area contributed by atoms with E-state index in [2.05, 4.69) is 10.3 Å². The van der Waals surface area contributed by atoms with Gasteiger partial charge < -0.3 is 29.0 Å². The van der Waals surface area contributed by atoms with Gasteiger partial charge in [-0.05, 0) is 6.92 Å². The summed E-state index contributed by atoms with van der Waals surface area (Å²) in [5.74, 6) is -0.565. The molecular weight excluding hydrogens is 386 g/mol. The van der Waals surface area contributed by atoms with Gasteiger partial charge in [-0.25, -0.2) is 4.79 Å². The first kappa shape index (κ1) is 22.8. The van der Waals surface area contributed by atoms with Gasteiger partial charge in [-0.2, -0.15) is 4.98 Å². The second kappa shape index (κ2) is 10.3. The third-order valence-electron chi connectivity index (χ3n) is 4.36. The molecule has 162 valence electrons. The Morgan fingerprint density at radius 3 is 2.59 bits per heavy atom. The van der Waals surface area contributed by atoms with Crippen LogP contribution in [0, 0.1) is 6.92 Å². The number of nitrogens with zero attached hydrogens (tertiary/aromatic N) is 2. The van der Waals surface area contributed by atoms with Crippen LogP contribution in [0.2, 0.25) is 0 Å². The van der Waals surface area contributed by atoms with E-state index in [-0.39, 0.29) is 13.0 Å². The van der Waals surface area contributed by atoms with Crippen molar-refractivity contribution in [3.05, 3.63) is 22.2 Å². The normalized spacial score (nSPS) is 21.2. The molecule has 1 N–H and O–H groups in total. The predicted octanol–water partition coefficient (Wildman–Crippen LogP) is 0.365. The van der Waals surface area contributed by atoms with E-state index < -0.39 is 42.4 Å². The minimum atomic E-state index is -0.710. The van der Waals surface area contributed by atoms with Crippen LogP contribution in [0.3, 0.4) is 0 Å². The van der Waals surface area contributed by atoms with Crippen molar-refractivity contribution in [3.63, 3.8) is 0 Å². The van der Waals surface area contributed by atoms with Crippen molar-refractivity contribution in [2.24, 2.45) is 0 Å². The molecule has 0 amide bonds. The zero-order valence-electron chi connectivity index (χ0n) is 17.2. The van der Waals surface area contributed by atoms with E-state index in [9.17, 15) is 14.4 Å². The molecule has 0 saturated carbocycles. The lowest BCUT2D eigenvalue weighted by atomic mass is 10.2. The molecule has 1 fully saturated rings. The van der Waals surface area contributed by atoms with E-state index in [1.165, 1.54) is 32.6 Å². The molecule has 1 aliphatic heterocycles. The summed E-state index contributed by atoms with van der Waals surface area (Å²) in [7, 11) is 3.02. The van der Waals surface area contributed by atoms with Gasteiger partial charge in [-0.1, -0.05) is 0 Å². The van der Waals surface area contributed by atoms with Gasteiger partial charge in [0.05, 0.1) is 6.54 Å². The lowest BCUT2D eigenvalue weighted by Gasteiger charge is -2.18. The Kier molecular flexibility index (Phi) is 8.11. The fourth-order valence-electron chi connectivity index (χ4n) is 2.95. The Morgan fingerprint density at radius 1 is 1.31 bits per heavy atom. The van der Waals surface area contributed by atoms with Gasteiger partial charge in [0.15, 0.2) is 6.29 Å².